The SMILES string of the molecule is CC#C/C(C)=C/CCl. The molecule has 0 rings (SSSR count). The molecule has 0 heterocycles. The molecule has 44 valence electrons. The van der Waals surface area contributed by atoms with Crippen molar-refractivity contribution in [3.63, 3.8) is 0 Å². The fraction of sp³-hybridized carbons (Fsp3) is 0.429. The van der Waals surface area contributed by atoms with Gasteiger partial charge in [0.2, 0.25) is 0 Å². The largest absolute Gasteiger partial charge is 0.122 e. The second-order valence-corrected chi connectivity index (χ2v) is 1.73. The van der Waals surface area contributed by atoms with Crippen LogP contribution in [0.5, 0.6) is 0 Å². The average Bonchev–Trinajstić information content (AvgIpc) is 1.68. The third-order valence-corrected chi connectivity index (χ3v) is 0.860. The fourth-order valence-electron chi connectivity index (χ4n) is 0.364. The zero-order valence-electron chi connectivity index (χ0n) is 5.16. The van der Waals surface area contributed by atoms with Crippen molar-refractivity contribution in [2.45, 2.75) is 13.8 Å². The predicted octanol–water partition coefficient (Wildman–Crippen LogP) is 2.19. The Labute approximate surface area is 55.5 Å². The predicted molar refractivity (Wildman–Crippen MR) is 37.9 cm³/mol. The molecule has 0 radical (unpaired) electrons. The molecule has 0 saturated carbocycles. The Bertz CT molecular complexity index is 134. The van der Waals surface area contributed by atoms with Crippen molar-refractivity contribution in [1.82, 2.24) is 0 Å². The fourth-order valence-corrected chi connectivity index (χ4v) is 0.595. The highest BCUT2D eigenvalue weighted by Gasteiger charge is 1.74. The van der Waals surface area contributed by atoms with Crippen molar-refractivity contribution in [2.24, 2.45) is 0 Å². The Morgan fingerprint density at radius 3 is 2.75 bits per heavy atom. The molecular formula is C7H9Cl. The number of alkyl halides is 1. The molecule has 8 heavy (non-hydrogen) atoms. The van der Waals surface area contributed by atoms with Crippen LogP contribution in [-0.4, -0.2) is 5.88 Å². The van der Waals surface area contributed by atoms with Crippen molar-refractivity contribution in [3.05, 3.63) is 11.6 Å². The van der Waals surface area contributed by atoms with Crippen molar-refractivity contribution < 1.29 is 0 Å². The third kappa shape index (κ3) is 3.77. The number of rotatable bonds is 1. The highest BCUT2D eigenvalue weighted by atomic mass is 35.5. The van der Waals surface area contributed by atoms with Gasteiger partial charge in [0.05, 0.1) is 0 Å². The van der Waals surface area contributed by atoms with Gasteiger partial charge >= 0.3 is 0 Å². The van der Waals surface area contributed by atoms with Crippen molar-refractivity contribution in [3.8, 4) is 11.8 Å². The van der Waals surface area contributed by atoms with Crippen LogP contribution in [0.15, 0.2) is 11.6 Å². The molecule has 0 bridgehead atoms. The minimum Gasteiger partial charge on any atom is -0.122 e. The maximum atomic E-state index is 5.39. The molecule has 0 nitrogen and oxygen atoms in total. The summed E-state index contributed by atoms with van der Waals surface area (Å²) in [6.07, 6.45) is 1.89. The summed E-state index contributed by atoms with van der Waals surface area (Å²) >= 11 is 5.39. The smallest absolute Gasteiger partial charge is 0.0415 e. The van der Waals surface area contributed by atoms with Gasteiger partial charge in [0, 0.05) is 5.88 Å². The first kappa shape index (κ1) is 7.59. The molecule has 0 atom stereocenters. The highest BCUT2D eigenvalue weighted by molar-refractivity contribution is 6.18. The molecule has 0 aromatic rings. The minimum atomic E-state index is 0.556. The second kappa shape index (κ2) is 4.74. The van der Waals surface area contributed by atoms with Crippen LogP contribution < -0.4 is 0 Å². The summed E-state index contributed by atoms with van der Waals surface area (Å²) in [5.74, 6) is 6.20. The van der Waals surface area contributed by atoms with Gasteiger partial charge in [-0.05, 0) is 19.4 Å². The van der Waals surface area contributed by atoms with Crippen molar-refractivity contribution in [2.75, 3.05) is 5.88 Å². The van der Waals surface area contributed by atoms with E-state index in [4.69, 9.17) is 11.6 Å². The van der Waals surface area contributed by atoms with Crippen LogP contribution in [0.2, 0.25) is 0 Å². The standard InChI is InChI=1S/C7H9Cl/c1-3-4-7(2)5-6-8/h5H,6H2,1-2H3/b7-5+. The van der Waals surface area contributed by atoms with E-state index in [-0.39, 0.29) is 0 Å². The number of hydrogen-bond donors (Lipinski definition) is 0. The zero-order chi connectivity index (χ0) is 6.41. The van der Waals surface area contributed by atoms with Crippen LogP contribution in [0.3, 0.4) is 0 Å². The Morgan fingerprint density at radius 1 is 1.75 bits per heavy atom. The number of allylic oxidation sites excluding steroid dienone is 2. The molecule has 0 aromatic carbocycles. The molecule has 0 aromatic heterocycles. The van der Waals surface area contributed by atoms with E-state index in [1.54, 1.807) is 0 Å². The van der Waals surface area contributed by atoms with E-state index < -0.39 is 0 Å². The molecule has 0 aliphatic heterocycles. The van der Waals surface area contributed by atoms with Crippen LogP contribution in [0.25, 0.3) is 0 Å². The van der Waals surface area contributed by atoms with E-state index in [1.165, 1.54) is 0 Å². The van der Waals surface area contributed by atoms with E-state index in [1.807, 2.05) is 19.9 Å². The van der Waals surface area contributed by atoms with Gasteiger partial charge in [0.25, 0.3) is 0 Å². The van der Waals surface area contributed by atoms with Crippen LogP contribution in [0.1, 0.15) is 13.8 Å². The molecule has 0 aliphatic rings. The van der Waals surface area contributed by atoms with Crippen molar-refractivity contribution >= 4 is 11.6 Å². The normalized spacial score (nSPS) is 10.1. The van der Waals surface area contributed by atoms with Crippen LogP contribution in [0.4, 0.5) is 0 Å². The highest BCUT2D eigenvalue weighted by Crippen LogP contribution is 1.89. The van der Waals surface area contributed by atoms with Gasteiger partial charge in [0.15, 0.2) is 0 Å². The summed E-state index contributed by atoms with van der Waals surface area (Å²) in [6.45, 7) is 3.75. The second-order valence-electron chi connectivity index (χ2n) is 1.42. The van der Waals surface area contributed by atoms with Crippen LogP contribution in [-0.2, 0) is 0 Å². The molecule has 0 N–H and O–H groups in total. The van der Waals surface area contributed by atoms with E-state index in [0.29, 0.717) is 5.88 Å². The molecule has 0 aliphatic carbocycles. The summed E-state index contributed by atoms with van der Waals surface area (Å²) in [5, 5.41) is 0. The number of halogens is 1. The quantitative estimate of drug-likeness (QED) is 0.375. The van der Waals surface area contributed by atoms with E-state index in [0.717, 1.165) is 5.57 Å². The topological polar surface area (TPSA) is 0 Å². The summed E-state index contributed by atoms with van der Waals surface area (Å²) < 4.78 is 0. The van der Waals surface area contributed by atoms with Gasteiger partial charge < -0.3 is 0 Å². The third-order valence-electron chi connectivity index (χ3n) is 0.706. The number of hydrogen-bond acceptors (Lipinski definition) is 0. The molecule has 0 unspecified atom stereocenters. The Kier molecular flexibility index (Phi) is 4.50. The monoisotopic (exact) mass is 128 g/mol. The summed E-state index contributed by atoms with van der Waals surface area (Å²) in [5.41, 5.74) is 1.04. The van der Waals surface area contributed by atoms with Gasteiger partial charge in [-0.25, -0.2) is 0 Å². The lowest BCUT2D eigenvalue weighted by Gasteiger charge is -1.80. The lowest BCUT2D eigenvalue weighted by atomic mass is 10.3. The molecule has 0 amide bonds. The van der Waals surface area contributed by atoms with Gasteiger partial charge in [0.1, 0.15) is 0 Å². The first-order valence-electron chi connectivity index (χ1n) is 2.46. The zero-order valence-corrected chi connectivity index (χ0v) is 5.92. The first-order chi connectivity index (χ1) is 3.81. The Balaban J connectivity index is 3.74. The summed E-state index contributed by atoms with van der Waals surface area (Å²) in [7, 11) is 0. The molecule has 0 spiro atoms. The molecule has 1 heteroatoms. The van der Waals surface area contributed by atoms with Gasteiger partial charge in [-0.2, -0.15) is 0 Å². The maximum Gasteiger partial charge on any atom is 0.0415 e. The summed E-state index contributed by atoms with van der Waals surface area (Å²) in [4.78, 5) is 0. The van der Waals surface area contributed by atoms with Gasteiger partial charge in [-0.15, -0.1) is 17.5 Å². The van der Waals surface area contributed by atoms with E-state index in [9.17, 15) is 0 Å². The van der Waals surface area contributed by atoms with Crippen molar-refractivity contribution in [1.29, 1.82) is 0 Å². The molecular weight excluding hydrogens is 120 g/mol. The van der Waals surface area contributed by atoms with Gasteiger partial charge in [-0.1, -0.05) is 12.0 Å². The van der Waals surface area contributed by atoms with Crippen LogP contribution >= 0.6 is 11.6 Å². The minimum absolute atomic E-state index is 0.556. The molecule has 0 fully saturated rings. The average molecular weight is 129 g/mol. The summed E-state index contributed by atoms with van der Waals surface area (Å²) in [6, 6.07) is 0. The Hall–Kier alpha value is -0.410. The molecule has 0 saturated heterocycles. The van der Waals surface area contributed by atoms with E-state index >= 15 is 0 Å². The first-order valence-corrected chi connectivity index (χ1v) is 3.00. The lowest BCUT2D eigenvalue weighted by Crippen LogP contribution is -1.68. The van der Waals surface area contributed by atoms with E-state index in [2.05, 4.69) is 11.8 Å². The maximum absolute atomic E-state index is 5.39. The van der Waals surface area contributed by atoms with Crippen LogP contribution in [0, 0.1) is 11.8 Å². The van der Waals surface area contributed by atoms with Gasteiger partial charge in [-0.3, -0.25) is 0 Å². The Morgan fingerprint density at radius 2 is 2.38 bits per heavy atom. The lowest BCUT2D eigenvalue weighted by molar-refractivity contribution is 1.52.